The summed E-state index contributed by atoms with van der Waals surface area (Å²) in [4.78, 5) is 12.9. The van der Waals surface area contributed by atoms with Crippen LogP contribution in [-0.4, -0.2) is 45.9 Å². The van der Waals surface area contributed by atoms with Gasteiger partial charge in [-0.1, -0.05) is 20.8 Å². The lowest BCUT2D eigenvalue weighted by Crippen LogP contribution is -2.46. The fraction of sp³-hybridized carbons (Fsp3) is 0.650. The monoisotopic (exact) mass is 394 g/mol. The maximum Gasteiger partial charge on any atom is 0.251 e. The number of hydrogen-bond donors (Lipinski definition) is 1. The van der Waals surface area contributed by atoms with Gasteiger partial charge in [-0.15, -0.1) is 0 Å². The van der Waals surface area contributed by atoms with E-state index in [2.05, 4.69) is 26.1 Å². The Labute approximate surface area is 162 Å². The molecule has 0 unspecified atom stereocenters. The van der Waals surface area contributed by atoms with Crippen LogP contribution in [0.3, 0.4) is 0 Å². The van der Waals surface area contributed by atoms with E-state index >= 15 is 0 Å². The number of nitrogens with zero attached hydrogens (tertiary/aromatic N) is 1. The number of hydrogen-bond acceptors (Lipinski definition) is 4. The second-order valence-electron chi connectivity index (χ2n) is 8.79. The molecule has 3 rings (SSSR count). The predicted octanol–water partition coefficient (Wildman–Crippen LogP) is 2.89. The van der Waals surface area contributed by atoms with Crippen molar-refractivity contribution in [3.05, 3.63) is 23.8 Å². The van der Waals surface area contributed by atoms with Gasteiger partial charge in [0.25, 0.3) is 5.91 Å². The maximum absolute atomic E-state index is 12.9. The van der Waals surface area contributed by atoms with Crippen LogP contribution >= 0.6 is 0 Å². The third kappa shape index (κ3) is 2.95. The summed E-state index contributed by atoms with van der Waals surface area (Å²) in [6, 6.07) is 4.67. The van der Waals surface area contributed by atoms with Crippen molar-refractivity contribution in [2.45, 2.75) is 51.0 Å². The van der Waals surface area contributed by atoms with E-state index in [9.17, 15) is 13.2 Å². The molecule has 1 aromatic rings. The van der Waals surface area contributed by atoms with Crippen LogP contribution in [0.5, 0.6) is 5.75 Å². The summed E-state index contributed by atoms with van der Waals surface area (Å²) in [5.41, 5.74) is 0.600. The van der Waals surface area contributed by atoms with E-state index in [0.717, 1.165) is 17.1 Å². The van der Waals surface area contributed by atoms with Crippen molar-refractivity contribution >= 4 is 15.9 Å². The molecule has 1 aromatic carbocycles. The molecule has 0 radical (unpaired) electrons. The Bertz CT molecular complexity index is 863. The fourth-order valence-corrected chi connectivity index (χ4v) is 5.95. The molecule has 0 aromatic heterocycles. The van der Waals surface area contributed by atoms with Crippen molar-refractivity contribution in [1.29, 1.82) is 0 Å². The SMILES string of the molecule is COc1ccc(C(=O)N[C@@H]2C[C@@H]3CC[C@@]2(C)C3(C)C)cc1S(=O)(=O)N(C)C. The smallest absolute Gasteiger partial charge is 0.251 e. The minimum Gasteiger partial charge on any atom is -0.495 e. The van der Waals surface area contributed by atoms with E-state index in [1.54, 1.807) is 6.07 Å². The van der Waals surface area contributed by atoms with Gasteiger partial charge in [-0.3, -0.25) is 4.79 Å². The zero-order valence-corrected chi connectivity index (χ0v) is 17.8. The summed E-state index contributed by atoms with van der Waals surface area (Å²) in [7, 11) is 0.621. The molecule has 2 aliphatic carbocycles. The topological polar surface area (TPSA) is 75.7 Å². The van der Waals surface area contributed by atoms with Gasteiger partial charge in [0.1, 0.15) is 10.6 Å². The molecule has 1 N–H and O–H groups in total. The maximum atomic E-state index is 12.9. The second-order valence-corrected chi connectivity index (χ2v) is 10.9. The van der Waals surface area contributed by atoms with Gasteiger partial charge in [-0.2, -0.15) is 0 Å². The summed E-state index contributed by atoms with van der Waals surface area (Å²) in [5.74, 6) is 0.615. The van der Waals surface area contributed by atoms with Crippen molar-refractivity contribution < 1.29 is 17.9 Å². The van der Waals surface area contributed by atoms with Crippen molar-refractivity contribution in [1.82, 2.24) is 9.62 Å². The number of carbonyl (C=O) groups excluding carboxylic acids is 1. The Morgan fingerprint density at radius 1 is 1.26 bits per heavy atom. The zero-order chi connectivity index (χ0) is 20.2. The third-order valence-corrected chi connectivity index (χ3v) is 9.12. The average molecular weight is 395 g/mol. The Morgan fingerprint density at radius 3 is 2.41 bits per heavy atom. The van der Waals surface area contributed by atoms with E-state index in [1.807, 2.05) is 0 Å². The third-order valence-electron chi connectivity index (χ3n) is 7.28. The highest BCUT2D eigenvalue weighted by Gasteiger charge is 2.61. The number of methoxy groups -OCH3 is 1. The van der Waals surface area contributed by atoms with E-state index in [-0.39, 0.29) is 33.4 Å². The molecule has 0 saturated heterocycles. The first kappa shape index (κ1) is 20.1. The number of rotatable bonds is 5. The van der Waals surface area contributed by atoms with Crippen LogP contribution in [0.15, 0.2) is 23.1 Å². The van der Waals surface area contributed by atoms with Gasteiger partial charge >= 0.3 is 0 Å². The van der Waals surface area contributed by atoms with E-state index in [1.165, 1.54) is 39.8 Å². The van der Waals surface area contributed by atoms with Gasteiger partial charge in [-0.25, -0.2) is 12.7 Å². The summed E-state index contributed by atoms with van der Waals surface area (Å²) in [6.07, 6.45) is 3.30. The number of carbonyl (C=O) groups is 1. The highest BCUT2D eigenvalue weighted by Crippen LogP contribution is 2.65. The van der Waals surface area contributed by atoms with Crippen LogP contribution in [0.2, 0.25) is 0 Å². The molecule has 0 spiro atoms. The molecular weight excluding hydrogens is 364 g/mol. The Balaban J connectivity index is 1.89. The van der Waals surface area contributed by atoms with E-state index < -0.39 is 10.0 Å². The molecule has 2 bridgehead atoms. The van der Waals surface area contributed by atoms with Gasteiger partial charge in [0.05, 0.1) is 7.11 Å². The number of ether oxygens (including phenoxy) is 1. The van der Waals surface area contributed by atoms with E-state index in [0.29, 0.717) is 11.5 Å². The van der Waals surface area contributed by atoms with Gasteiger partial charge in [0, 0.05) is 25.7 Å². The van der Waals surface area contributed by atoms with Crippen LogP contribution in [0.1, 0.15) is 50.4 Å². The molecular formula is C20H30N2O4S. The molecule has 2 fully saturated rings. The van der Waals surface area contributed by atoms with Crippen molar-refractivity contribution in [3.63, 3.8) is 0 Å². The van der Waals surface area contributed by atoms with Gasteiger partial charge in [0.15, 0.2) is 0 Å². The average Bonchev–Trinajstić information content (AvgIpc) is 2.94. The molecule has 7 heteroatoms. The first-order valence-corrected chi connectivity index (χ1v) is 10.8. The molecule has 3 atom stereocenters. The van der Waals surface area contributed by atoms with Crippen molar-refractivity contribution in [2.24, 2.45) is 16.7 Å². The summed E-state index contributed by atoms with van der Waals surface area (Å²) in [5, 5.41) is 3.18. The summed E-state index contributed by atoms with van der Waals surface area (Å²) >= 11 is 0. The highest BCUT2D eigenvalue weighted by molar-refractivity contribution is 7.89. The molecule has 0 heterocycles. The normalized spacial score (nSPS) is 29.1. The zero-order valence-electron chi connectivity index (χ0n) is 17.0. The standard InChI is InChI=1S/C20H30N2O4S/c1-19(2)14-9-10-20(19,3)17(12-14)21-18(23)13-7-8-15(26-6)16(11-13)27(24,25)22(4)5/h7-8,11,14,17H,9-10,12H2,1-6H3,(H,21,23)/t14-,17+,20+/m0/s1. The van der Waals surface area contributed by atoms with Crippen molar-refractivity contribution in [2.75, 3.05) is 21.2 Å². The highest BCUT2D eigenvalue weighted by atomic mass is 32.2. The molecule has 2 aliphatic rings. The number of sulfonamides is 1. The summed E-state index contributed by atoms with van der Waals surface area (Å²) < 4.78 is 31.5. The quantitative estimate of drug-likeness (QED) is 0.833. The lowest BCUT2D eigenvalue weighted by molar-refractivity contribution is 0.0826. The minimum absolute atomic E-state index is 0.00198. The lowest BCUT2D eigenvalue weighted by Gasteiger charge is -2.39. The first-order valence-electron chi connectivity index (χ1n) is 9.36. The van der Waals surface area contributed by atoms with Crippen molar-refractivity contribution in [3.8, 4) is 5.75 Å². The molecule has 150 valence electrons. The molecule has 0 aliphatic heterocycles. The van der Waals surface area contributed by atoms with Crippen LogP contribution in [0.4, 0.5) is 0 Å². The van der Waals surface area contributed by atoms with Crippen LogP contribution in [-0.2, 0) is 10.0 Å². The van der Waals surface area contributed by atoms with Gasteiger partial charge in [0.2, 0.25) is 10.0 Å². The molecule has 27 heavy (non-hydrogen) atoms. The van der Waals surface area contributed by atoms with Gasteiger partial charge < -0.3 is 10.1 Å². The Morgan fingerprint density at radius 2 is 1.93 bits per heavy atom. The molecule has 6 nitrogen and oxygen atoms in total. The largest absolute Gasteiger partial charge is 0.495 e. The second kappa shape index (κ2) is 6.48. The number of fused-ring (bicyclic) bond motifs is 2. The lowest BCUT2D eigenvalue weighted by atomic mass is 9.69. The molecule has 1 amide bonds. The molecule has 2 saturated carbocycles. The number of benzene rings is 1. The predicted molar refractivity (Wildman–Crippen MR) is 104 cm³/mol. The van der Waals surface area contributed by atoms with Gasteiger partial charge in [-0.05, 0) is 54.2 Å². The number of nitrogens with one attached hydrogen (secondary N) is 1. The minimum atomic E-state index is -3.71. The van der Waals surface area contributed by atoms with Crippen LogP contribution in [0, 0.1) is 16.7 Å². The Kier molecular flexibility index (Phi) is 4.84. The van der Waals surface area contributed by atoms with Crippen LogP contribution < -0.4 is 10.1 Å². The summed E-state index contributed by atoms with van der Waals surface area (Å²) in [6.45, 7) is 6.86. The van der Waals surface area contributed by atoms with E-state index in [4.69, 9.17) is 4.74 Å². The first-order chi connectivity index (χ1) is 12.4. The Hall–Kier alpha value is -1.60. The number of amides is 1. The van der Waals surface area contributed by atoms with Crippen LogP contribution in [0.25, 0.3) is 0 Å². The fourth-order valence-electron chi connectivity index (χ4n) is 4.88.